The summed E-state index contributed by atoms with van der Waals surface area (Å²) in [6.07, 6.45) is 0. The lowest BCUT2D eigenvalue weighted by molar-refractivity contribution is 0.767. The zero-order valence-corrected chi connectivity index (χ0v) is 40.6. The van der Waals surface area contributed by atoms with Crippen LogP contribution >= 0.6 is 0 Å². The van der Waals surface area contributed by atoms with Crippen LogP contribution in [0.25, 0.3) is 77.9 Å². The maximum Gasteiger partial charge on any atom is 0.0714 e. The average Bonchev–Trinajstić information content (AvgIpc) is 4.22. The van der Waals surface area contributed by atoms with E-state index in [4.69, 9.17) is 0 Å². The molecule has 2 aromatic heterocycles. The predicted octanol–water partition coefficient (Wildman–Crippen LogP) is 17.6. The van der Waals surface area contributed by atoms with Crippen molar-refractivity contribution in [2.45, 2.75) is 10.8 Å². The number of rotatable bonds is 8. The summed E-state index contributed by atoms with van der Waals surface area (Å²) < 4.78 is 5.02. The molecule has 0 bridgehead atoms. The first-order valence-electron chi connectivity index (χ1n) is 25.7. The van der Waals surface area contributed by atoms with Crippen LogP contribution in [0.15, 0.2) is 291 Å². The highest BCUT2D eigenvalue weighted by Crippen LogP contribution is 2.58. The van der Waals surface area contributed by atoms with Crippen LogP contribution < -0.4 is 0 Å². The van der Waals surface area contributed by atoms with Crippen molar-refractivity contribution in [3.8, 4) is 56.1 Å². The molecule has 0 spiro atoms. The zero-order chi connectivity index (χ0) is 48.8. The quantitative estimate of drug-likeness (QED) is 0.144. The van der Waals surface area contributed by atoms with E-state index in [1.807, 2.05) is 0 Å². The first-order chi connectivity index (χ1) is 36.7. The minimum Gasteiger partial charge on any atom is -0.309 e. The van der Waals surface area contributed by atoms with E-state index < -0.39 is 10.8 Å². The van der Waals surface area contributed by atoms with E-state index in [9.17, 15) is 0 Å². The molecule has 0 N–H and O–H groups in total. The minimum absolute atomic E-state index is 0.523. The van der Waals surface area contributed by atoms with Crippen LogP contribution in [0.2, 0.25) is 0 Å². The fraction of sp³-hybridized carbons (Fsp3) is 0.0278. The van der Waals surface area contributed by atoms with Crippen molar-refractivity contribution >= 4 is 21.8 Å². The number of fused-ring (bicyclic) bond motifs is 8. The molecule has 2 heterocycles. The van der Waals surface area contributed by atoms with E-state index in [1.54, 1.807) is 0 Å². The molecule has 0 aliphatic heterocycles. The van der Waals surface area contributed by atoms with E-state index in [0.717, 1.165) is 33.8 Å². The second-order valence-electron chi connectivity index (χ2n) is 19.9. The largest absolute Gasteiger partial charge is 0.309 e. The lowest BCUT2D eigenvalue weighted by atomic mass is 9.67. The molecule has 2 aliphatic rings. The molecule has 0 saturated heterocycles. The van der Waals surface area contributed by atoms with Gasteiger partial charge in [-0.25, -0.2) is 0 Å². The molecule has 0 atom stereocenters. The molecule has 0 radical (unpaired) electrons. The van der Waals surface area contributed by atoms with Crippen LogP contribution in [0.5, 0.6) is 0 Å². The molecule has 15 rings (SSSR count). The van der Waals surface area contributed by atoms with Gasteiger partial charge in [0.2, 0.25) is 0 Å². The lowest BCUT2D eigenvalue weighted by Crippen LogP contribution is -2.28. The lowest BCUT2D eigenvalue weighted by Gasteiger charge is -2.34. The van der Waals surface area contributed by atoms with Crippen LogP contribution in [-0.2, 0) is 10.8 Å². The third-order valence-electron chi connectivity index (χ3n) is 16.3. The van der Waals surface area contributed by atoms with Crippen LogP contribution in [0.3, 0.4) is 0 Å². The second-order valence-corrected chi connectivity index (χ2v) is 19.9. The number of nitrogens with zero attached hydrogens (tertiary/aromatic N) is 2. The molecule has 11 aromatic carbocycles. The van der Waals surface area contributed by atoms with Gasteiger partial charge in [-0.05, 0) is 126 Å². The summed E-state index contributed by atoms with van der Waals surface area (Å²) in [5, 5.41) is 2.35. The van der Waals surface area contributed by atoms with Crippen molar-refractivity contribution < 1.29 is 0 Å². The summed E-state index contributed by atoms with van der Waals surface area (Å²) >= 11 is 0. The Kier molecular flexibility index (Phi) is 9.43. The normalized spacial score (nSPS) is 13.6. The third kappa shape index (κ3) is 6.00. The number of hydrogen-bond acceptors (Lipinski definition) is 0. The minimum atomic E-state index is -0.523. The van der Waals surface area contributed by atoms with Crippen LogP contribution in [0.4, 0.5) is 0 Å². The summed E-state index contributed by atoms with van der Waals surface area (Å²) in [6.45, 7) is 0. The smallest absolute Gasteiger partial charge is 0.0714 e. The highest BCUT2D eigenvalue weighted by Gasteiger charge is 2.47. The molecule has 346 valence electrons. The molecule has 0 unspecified atom stereocenters. The third-order valence-corrected chi connectivity index (χ3v) is 16.3. The Morgan fingerprint density at radius 2 is 0.527 bits per heavy atom. The molecular formula is C72H48N2. The van der Waals surface area contributed by atoms with Crippen LogP contribution in [-0.4, -0.2) is 9.13 Å². The van der Waals surface area contributed by atoms with Crippen molar-refractivity contribution in [2.75, 3.05) is 0 Å². The van der Waals surface area contributed by atoms with Crippen molar-refractivity contribution in [2.24, 2.45) is 0 Å². The molecule has 0 fully saturated rings. The molecule has 2 aliphatic carbocycles. The highest BCUT2D eigenvalue weighted by atomic mass is 15.0. The molecule has 74 heavy (non-hydrogen) atoms. The molecule has 13 aromatic rings. The molecule has 2 heteroatoms. The maximum absolute atomic E-state index is 2.51. The van der Waals surface area contributed by atoms with Gasteiger partial charge in [0.25, 0.3) is 0 Å². The first kappa shape index (κ1) is 42.2. The van der Waals surface area contributed by atoms with E-state index in [-0.39, 0.29) is 0 Å². The van der Waals surface area contributed by atoms with E-state index >= 15 is 0 Å². The zero-order valence-electron chi connectivity index (χ0n) is 40.6. The van der Waals surface area contributed by atoms with Gasteiger partial charge in [-0.2, -0.15) is 0 Å². The van der Waals surface area contributed by atoms with Crippen LogP contribution in [0.1, 0.15) is 44.5 Å². The van der Waals surface area contributed by atoms with Gasteiger partial charge >= 0.3 is 0 Å². The Bertz CT molecular complexity index is 3910. The van der Waals surface area contributed by atoms with Gasteiger partial charge in [-0.3, -0.25) is 0 Å². The monoisotopic (exact) mass is 940 g/mol. The van der Waals surface area contributed by atoms with Gasteiger partial charge < -0.3 is 9.13 Å². The van der Waals surface area contributed by atoms with Gasteiger partial charge in [0, 0.05) is 22.1 Å². The Balaban J connectivity index is 0.992. The average molecular weight is 941 g/mol. The number of hydrogen-bond donors (Lipinski definition) is 0. The summed E-state index contributed by atoms with van der Waals surface area (Å²) in [5.41, 5.74) is 23.4. The van der Waals surface area contributed by atoms with Crippen molar-refractivity contribution in [1.82, 2.24) is 9.13 Å². The fourth-order valence-electron chi connectivity index (χ4n) is 13.3. The molecule has 2 nitrogen and oxygen atoms in total. The van der Waals surface area contributed by atoms with Crippen molar-refractivity contribution in [1.29, 1.82) is 0 Å². The van der Waals surface area contributed by atoms with Crippen LogP contribution in [0, 0.1) is 0 Å². The topological polar surface area (TPSA) is 9.86 Å². The molecular weight excluding hydrogens is 893 g/mol. The summed E-state index contributed by atoms with van der Waals surface area (Å²) in [5.74, 6) is 0. The van der Waals surface area contributed by atoms with Crippen molar-refractivity contribution in [3.05, 3.63) is 336 Å². The fourth-order valence-corrected chi connectivity index (χ4v) is 13.3. The second kappa shape index (κ2) is 16.5. The Labute approximate surface area is 431 Å². The summed E-state index contributed by atoms with van der Waals surface area (Å²) in [7, 11) is 0. The molecule has 0 amide bonds. The predicted molar refractivity (Wildman–Crippen MR) is 306 cm³/mol. The van der Waals surface area contributed by atoms with Gasteiger partial charge in [0.05, 0.1) is 33.3 Å². The number of benzene rings is 11. The van der Waals surface area contributed by atoms with Gasteiger partial charge in [-0.15, -0.1) is 0 Å². The highest BCUT2D eigenvalue weighted by molar-refractivity contribution is 6.03. The Morgan fingerprint density at radius 1 is 0.230 bits per heavy atom. The van der Waals surface area contributed by atoms with E-state index in [0.29, 0.717) is 0 Å². The van der Waals surface area contributed by atoms with Gasteiger partial charge in [0.15, 0.2) is 0 Å². The van der Waals surface area contributed by atoms with Gasteiger partial charge in [0.1, 0.15) is 0 Å². The standard InChI is InChI=1S/C72H48N2/c1-7-23-49(24-8-1)67-43-51-45-70-52(46-69(51)73(67)57-39-41-61-59-35-19-21-37-63(59)71(65(61)47-57,53-27-11-3-12-28-53)54-29-13-4-14-30-54)44-68(50-25-9-2-10-26-50)74(70)58-40-42-62-60-36-20-22-38-64(60)72(66(62)48-58,55-31-15-5-16-32-55)56-33-17-6-18-34-56/h1-48H. The summed E-state index contributed by atoms with van der Waals surface area (Å²) in [4.78, 5) is 0. The van der Waals surface area contributed by atoms with Gasteiger partial charge in [-0.1, -0.05) is 243 Å². The Hall–Kier alpha value is -9.50. The number of aromatic nitrogens is 2. The van der Waals surface area contributed by atoms with E-state index in [1.165, 1.54) is 88.7 Å². The Morgan fingerprint density at radius 3 is 0.878 bits per heavy atom. The van der Waals surface area contributed by atoms with Crippen molar-refractivity contribution in [3.63, 3.8) is 0 Å². The van der Waals surface area contributed by atoms with E-state index in [2.05, 4.69) is 300 Å². The SMILES string of the molecule is c1ccc(-c2cc3cc4c(cc(-c5ccccc5)n4-c4ccc5c(c4)C(c4ccccc4)(c4ccccc4)c4ccccc4-5)cc3n2-c2ccc3c(c2)C(c2ccccc2)(c2ccccc2)c2ccccc2-3)cc1. The first-order valence-corrected chi connectivity index (χ1v) is 25.7. The summed E-state index contributed by atoms with van der Waals surface area (Å²) in [6, 6.07) is 108. The maximum atomic E-state index is 2.51. The molecule has 0 saturated carbocycles.